The van der Waals surface area contributed by atoms with Crippen LogP contribution in [0.2, 0.25) is 0 Å². The molecule has 2 heterocycles. The molecule has 36 heavy (non-hydrogen) atoms. The molecule has 192 valence electrons. The molecule has 0 aromatic heterocycles. The van der Waals surface area contributed by atoms with E-state index in [0.717, 1.165) is 0 Å². The van der Waals surface area contributed by atoms with Gasteiger partial charge in [0.25, 0.3) is 11.7 Å². The number of amides is 1. The molecule has 2 aliphatic heterocycles. The lowest BCUT2D eigenvalue weighted by Crippen LogP contribution is -2.35. The van der Waals surface area contributed by atoms with Gasteiger partial charge in [-0.3, -0.25) is 9.59 Å². The SMILES string of the molecule is CCOc1ccc(C2/C(=C(/O)c3ccc4c(c3)OCCO4)C(=O)C(=O)N2CCN(C)C)cc1OCC. The molecule has 1 unspecified atom stereocenters. The zero-order valence-electron chi connectivity index (χ0n) is 21.1. The van der Waals surface area contributed by atoms with Gasteiger partial charge in [-0.2, -0.15) is 0 Å². The van der Waals surface area contributed by atoms with Crippen LogP contribution in [-0.4, -0.2) is 80.2 Å². The summed E-state index contributed by atoms with van der Waals surface area (Å²) >= 11 is 0. The van der Waals surface area contributed by atoms with Crippen molar-refractivity contribution in [1.82, 2.24) is 9.80 Å². The van der Waals surface area contributed by atoms with Crippen LogP contribution in [0.4, 0.5) is 0 Å². The van der Waals surface area contributed by atoms with Gasteiger partial charge < -0.3 is 33.9 Å². The van der Waals surface area contributed by atoms with Crippen molar-refractivity contribution >= 4 is 17.4 Å². The lowest BCUT2D eigenvalue weighted by Gasteiger charge is -2.27. The summed E-state index contributed by atoms with van der Waals surface area (Å²) in [6, 6.07) is 9.49. The Balaban J connectivity index is 1.84. The maximum Gasteiger partial charge on any atom is 0.295 e. The number of Topliss-reactive ketones (excluding diaryl/α,β-unsaturated/α-hetero) is 1. The molecule has 1 atom stereocenters. The number of benzene rings is 2. The van der Waals surface area contributed by atoms with Crippen molar-refractivity contribution in [3.05, 3.63) is 53.1 Å². The molecule has 9 nitrogen and oxygen atoms in total. The molecule has 0 spiro atoms. The molecule has 2 aromatic rings. The number of carbonyl (C=O) groups excluding carboxylic acids is 2. The van der Waals surface area contributed by atoms with Gasteiger partial charge in [-0.15, -0.1) is 0 Å². The summed E-state index contributed by atoms with van der Waals surface area (Å²) in [5, 5.41) is 11.4. The third kappa shape index (κ3) is 4.97. The van der Waals surface area contributed by atoms with E-state index in [1.54, 1.807) is 36.4 Å². The number of aliphatic hydroxyl groups excluding tert-OH is 1. The van der Waals surface area contributed by atoms with Crippen LogP contribution in [0.15, 0.2) is 42.0 Å². The number of ether oxygens (including phenoxy) is 4. The van der Waals surface area contributed by atoms with Gasteiger partial charge >= 0.3 is 0 Å². The smallest absolute Gasteiger partial charge is 0.295 e. The molecule has 2 aromatic carbocycles. The first kappa shape index (κ1) is 25.4. The number of hydrogen-bond acceptors (Lipinski definition) is 8. The van der Waals surface area contributed by atoms with Crippen LogP contribution in [-0.2, 0) is 9.59 Å². The Morgan fingerprint density at radius 1 is 1.00 bits per heavy atom. The van der Waals surface area contributed by atoms with E-state index in [0.29, 0.717) is 73.6 Å². The van der Waals surface area contributed by atoms with Crippen molar-refractivity contribution in [1.29, 1.82) is 0 Å². The number of carbonyl (C=O) groups is 2. The maximum absolute atomic E-state index is 13.3. The van der Waals surface area contributed by atoms with Gasteiger partial charge in [0.05, 0.1) is 24.8 Å². The number of likely N-dealkylation sites (N-methyl/N-ethyl adjacent to an activating group) is 1. The third-order valence-electron chi connectivity index (χ3n) is 6.03. The third-order valence-corrected chi connectivity index (χ3v) is 6.03. The Kier molecular flexibility index (Phi) is 7.69. The van der Waals surface area contributed by atoms with Crippen LogP contribution in [0, 0.1) is 0 Å². The van der Waals surface area contributed by atoms with Crippen LogP contribution in [0.5, 0.6) is 23.0 Å². The number of rotatable bonds is 9. The Labute approximate surface area is 210 Å². The van der Waals surface area contributed by atoms with Gasteiger partial charge in [0, 0.05) is 18.7 Å². The summed E-state index contributed by atoms with van der Waals surface area (Å²) in [5.41, 5.74) is 1.02. The average Bonchev–Trinajstić information content (AvgIpc) is 3.13. The zero-order chi connectivity index (χ0) is 25.8. The molecular weight excluding hydrogens is 464 g/mol. The number of nitrogens with zero attached hydrogens (tertiary/aromatic N) is 2. The number of ketones is 1. The lowest BCUT2D eigenvalue weighted by molar-refractivity contribution is -0.140. The van der Waals surface area contributed by atoms with E-state index in [9.17, 15) is 14.7 Å². The fraction of sp³-hybridized carbons (Fsp3) is 0.407. The van der Waals surface area contributed by atoms with E-state index < -0.39 is 17.7 Å². The molecule has 1 amide bonds. The zero-order valence-corrected chi connectivity index (χ0v) is 21.1. The van der Waals surface area contributed by atoms with Crippen molar-refractivity contribution in [2.75, 3.05) is 53.6 Å². The average molecular weight is 497 g/mol. The second kappa shape index (κ2) is 10.9. The molecule has 1 saturated heterocycles. The highest BCUT2D eigenvalue weighted by molar-refractivity contribution is 6.46. The minimum absolute atomic E-state index is 0.0158. The van der Waals surface area contributed by atoms with Crippen LogP contribution < -0.4 is 18.9 Å². The van der Waals surface area contributed by atoms with Crippen molar-refractivity contribution in [2.24, 2.45) is 0 Å². The first-order valence-electron chi connectivity index (χ1n) is 12.1. The summed E-state index contributed by atoms with van der Waals surface area (Å²) in [6.07, 6.45) is 0. The largest absolute Gasteiger partial charge is 0.507 e. The maximum atomic E-state index is 13.3. The summed E-state index contributed by atoms with van der Waals surface area (Å²) in [7, 11) is 3.79. The molecule has 1 fully saturated rings. The molecule has 2 aliphatic rings. The Hall–Kier alpha value is -3.72. The second-order valence-corrected chi connectivity index (χ2v) is 8.73. The fourth-order valence-corrected chi connectivity index (χ4v) is 4.35. The molecule has 1 N–H and O–H groups in total. The predicted molar refractivity (Wildman–Crippen MR) is 134 cm³/mol. The molecule has 0 bridgehead atoms. The second-order valence-electron chi connectivity index (χ2n) is 8.73. The molecule has 0 aliphatic carbocycles. The van der Waals surface area contributed by atoms with E-state index in [1.807, 2.05) is 32.8 Å². The van der Waals surface area contributed by atoms with E-state index in [1.165, 1.54) is 4.90 Å². The van der Waals surface area contributed by atoms with Crippen molar-refractivity contribution in [3.63, 3.8) is 0 Å². The number of aliphatic hydroxyl groups is 1. The fourth-order valence-electron chi connectivity index (χ4n) is 4.35. The summed E-state index contributed by atoms with van der Waals surface area (Å²) in [5.74, 6) is 0.451. The molecule has 9 heteroatoms. The van der Waals surface area contributed by atoms with Crippen LogP contribution in [0.25, 0.3) is 5.76 Å². The van der Waals surface area contributed by atoms with Crippen LogP contribution in [0.1, 0.15) is 31.0 Å². The highest BCUT2D eigenvalue weighted by Crippen LogP contribution is 2.43. The monoisotopic (exact) mass is 496 g/mol. The number of fused-ring (bicyclic) bond motifs is 1. The number of hydrogen-bond donors (Lipinski definition) is 1. The van der Waals surface area contributed by atoms with Gasteiger partial charge in [-0.05, 0) is 63.8 Å². The minimum Gasteiger partial charge on any atom is -0.507 e. The topological polar surface area (TPSA) is 97.8 Å². The quantitative estimate of drug-likeness (QED) is 0.321. The van der Waals surface area contributed by atoms with Gasteiger partial charge in [-0.25, -0.2) is 0 Å². The standard InChI is InChI=1S/C27H32N2O7/c1-5-33-19-9-7-17(15-21(19)34-6-2)24-23(26(31)27(32)29(24)12-11-28(3)4)25(30)18-8-10-20-22(16-18)36-14-13-35-20/h7-10,15-16,24,30H,5-6,11-14H2,1-4H3/b25-23-. The van der Waals surface area contributed by atoms with Gasteiger partial charge in [0.2, 0.25) is 0 Å². The highest BCUT2D eigenvalue weighted by atomic mass is 16.6. The molecule has 0 saturated carbocycles. The Morgan fingerprint density at radius 3 is 2.39 bits per heavy atom. The molecular formula is C27H32N2O7. The van der Waals surface area contributed by atoms with Crippen LogP contribution in [0.3, 0.4) is 0 Å². The molecule has 0 radical (unpaired) electrons. The van der Waals surface area contributed by atoms with Gasteiger partial charge in [0.15, 0.2) is 23.0 Å². The normalized spacial score (nSPS) is 18.6. The van der Waals surface area contributed by atoms with Crippen molar-refractivity contribution in [2.45, 2.75) is 19.9 Å². The van der Waals surface area contributed by atoms with E-state index in [-0.39, 0.29) is 11.3 Å². The van der Waals surface area contributed by atoms with Crippen molar-refractivity contribution in [3.8, 4) is 23.0 Å². The molecule has 4 rings (SSSR count). The van der Waals surface area contributed by atoms with Crippen LogP contribution >= 0.6 is 0 Å². The van der Waals surface area contributed by atoms with Gasteiger partial charge in [-0.1, -0.05) is 6.07 Å². The Morgan fingerprint density at radius 2 is 1.69 bits per heavy atom. The Bertz CT molecular complexity index is 1170. The first-order chi connectivity index (χ1) is 17.3. The first-order valence-corrected chi connectivity index (χ1v) is 12.1. The number of likely N-dealkylation sites (tertiary alicyclic amines) is 1. The van der Waals surface area contributed by atoms with Crippen molar-refractivity contribution < 1.29 is 33.6 Å². The van der Waals surface area contributed by atoms with E-state index in [2.05, 4.69) is 0 Å². The van der Waals surface area contributed by atoms with E-state index in [4.69, 9.17) is 18.9 Å². The van der Waals surface area contributed by atoms with Gasteiger partial charge in [0.1, 0.15) is 19.0 Å². The summed E-state index contributed by atoms with van der Waals surface area (Å²) in [6.45, 7) is 6.31. The highest BCUT2D eigenvalue weighted by Gasteiger charge is 2.46. The minimum atomic E-state index is -0.798. The summed E-state index contributed by atoms with van der Waals surface area (Å²) in [4.78, 5) is 29.9. The van der Waals surface area contributed by atoms with E-state index >= 15 is 0 Å². The lowest BCUT2D eigenvalue weighted by atomic mass is 9.94. The predicted octanol–water partition coefficient (Wildman–Crippen LogP) is 3.24. The summed E-state index contributed by atoms with van der Waals surface area (Å²) < 4.78 is 22.7.